The zero-order valence-electron chi connectivity index (χ0n) is 17.2. The Labute approximate surface area is 176 Å². The minimum absolute atomic E-state index is 0.245. The second-order valence-electron chi connectivity index (χ2n) is 7.41. The van der Waals surface area contributed by atoms with Crippen molar-refractivity contribution in [1.82, 2.24) is 20.0 Å². The highest BCUT2D eigenvalue weighted by atomic mass is 16.5. The molecule has 7 heteroatoms. The Hall–Kier alpha value is -2.87. The van der Waals surface area contributed by atoms with Gasteiger partial charge in [0, 0.05) is 51.2 Å². The van der Waals surface area contributed by atoms with Crippen molar-refractivity contribution >= 4 is 0 Å². The number of rotatable bonds is 8. The number of ether oxygens (including phenoxy) is 2. The molecule has 0 bridgehead atoms. The third-order valence-electron chi connectivity index (χ3n) is 5.21. The van der Waals surface area contributed by atoms with Crippen molar-refractivity contribution in [3.63, 3.8) is 0 Å². The van der Waals surface area contributed by atoms with E-state index in [-0.39, 0.29) is 6.61 Å². The molecule has 4 rings (SSSR count). The van der Waals surface area contributed by atoms with Crippen LogP contribution in [0.15, 0.2) is 60.9 Å². The van der Waals surface area contributed by atoms with Gasteiger partial charge in [-0.15, -0.1) is 0 Å². The minimum atomic E-state index is -0.536. The first-order valence-corrected chi connectivity index (χ1v) is 10.2. The number of hydrogen-bond acceptors (Lipinski definition) is 6. The van der Waals surface area contributed by atoms with Crippen molar-refractivity contribution in [3.05, 3.63) is 60.9 Å². The molecule has 1 aliphatic heterocycles. The molecule has 1 saturated heterocycles. The standard InChI is InChI=1S/C23H28N4O3/c1-29-22-13-19(18-3-5-20(6-4-18)27-10-2-7-25-27)14-23(15-22)30-17-21(28)16-26-11-8-24-9-12-26/h2-7,10,13-15,21,24,28H,8-9,11-12,16-17H2,1H3. The summed E-state index contributed by atoms with van der Waals surface area (Å²) in [5, 5.41) is 17.9. The van der Waals surface area contributed by atoms with E-state index in [9.17, 15) is 5.11 Å². The van der Waals surface area contributed by atoms with E-state index in [2.05, 4.69) is 27.4 Å². The molecule has 1 unspecified atom stereocenters. The maximum absolute atomic E-state index is 10.4. The van der Waals surface area contributed by atoms with E-state index in [4.69, 9.17) is 9.47 Å². The number of methoxy groups -OCH3 is 1. The molecule has 1 fully saturated rings. The number of nitrogens with zero attached hydrogens (tertiary/aromatic N) is 3. The van der Waals surface area contributed by atoms with Crippen LogP contribution in [0.3, 0.4) is 0 Å². The predicted octanol–water partition coefficient (Wildman–Crippen LogP) is 2.19. The first-order valence-electron chi connectivity index (χ1n) is 10.2. The van der Waals surface area contributed by atoms with Crippen LogP contribution in [0.1, 0.15) is 0 Å². The molecule has 2 heterocycles. The number of aromatic nitrogens is 2. The predicted molar refractivity (Wildman–Crippen MR) is 116 cm³/mol. The Morgan fingerprint density at radius 3 is 2.53 bits per heavy atom. The highest BCUT2D eigenvalue weighted by Crippen LogP contribution is 2.30. The number of hydrogen-bond donors (Lipinski definition) is 2. The number of piperazine rings is 1. The molecule has 158 valence electrons. The Bertz CT molecular complexity index is 922. The normalized spacial score (nSPS) is 15.7. The molecule has 2 aromatic carbocycles. The molecule has 1 atom stereocenters. The lowest BCUT2D eigenvalue weighted by Gasteiger charge is -2.29. The third kappa shape index (κ3) is 5.18. The van der Waals surface area contributed by atoms with Crippen LogP contribution in [0.25, 0.3) is 16.8 Å². The van der Waals surface area contributed by atoms with Crippen molar-refractivity contribution in [2.24, 2.45) is 0 Å². The average Bonchev–Trinajstić information content (AvgIpc) is 3.33. The Kier molecular flexibility index (Phi) is 6.63. The molecular weight excluding hydrogens is 380 g/mol. The lowest BCUT2D eigenvalue weighted by atomic mass is 10.0. The summed E-state index contributed by atoms with van der Waals surface area (Å²) in [6.07, 6.45) is 3.14. The zero-order valence-corrected chi connectivity index (χ0v) is 17.2. The Balaban J connectivity index is 1.43. The van der Waals surface area contributed by atoms with Crippen LogP contribution >= 0.6 is 0 Å². The highest BCUT2D eigenvalue weighted by molar-refractivity contribution is 5.68. The van der Waals surface area contributed by atoms with Gasteiger partial charge in [0.2, 0.25) is 0 Å². The maximum Gasteiger partial charge on any atom is 0.123 e. The van der Waals surface area contributed by atoms with E-state index in [0.717, 1.165) is 48.7 Å². The van der Waals surface area contributed by atoms with Gasteiger partial charge in [0.15, 0.2) is 0 Å². The fourth-order valence-corrected chi connectivity index (χ4v) is 3.60. The maximum atomic E-state index is 10.4. The molecule has 0 amide bonds. The van der Waals surface area contributed by atoms with Gasteiger partial charge >= 0.3 is 0 Å². The molecule has 3 aromatic rings. The van der Waals surface area contributed by atoms with Gasteiger partial charge in [-0.3, -0.25) is 4.90 Å². The van der Waals surface area contributed by atoms with Crippen LogP contribution in [-0.2, 0) is 0 Å². The van der Waals surface area contributed by atoms with Gasteiger partial charge in [-0.2, -0.15) is 5.10 Å². The van der Waals surface area contributed by atoms with E-state index in [0.29, 0.717) is 12.3 Å². The van der Waals surface area contributed by atoms with Crippen molar-refractivity contribution in [2.75, 3.05) is 46.4 Å². The molecule has 1 aromatic heterocycles. The van der Waals surface area contributed by atoms with Gasteiger partial charge in [-0.05, 0) is 41.5 Å². The quantitative estimate of drug-likeness (QED) is 0.595. The van der Waals surface area contributed by atoms with Gasteiger partial charge < -0.3 is 19.9 Å². The molecule has 0 radical (unpaired) electrons. The topological polar surface area (TPSA) is 71.8 Å². The fraction of sp³-hybridized carbons (Fsp3) is 0.348. The smallest absolute Gasteiger partial charge is 0.123 e. The summed E-state index contributed by atoms with van der Waals surface area (Å²) < 4.78 is 13.2. The molecular formula is C23H28N4O3. The summed E-state index contributed by atoms with van der Waals surface area (Å²) in [5.74, 6) is 1.40. The molecule has 2 N–H and O–H groups in total. The number of aliphatic hydroxyl groups is 1. The summed E-state index contributed by atoms with van der Waals surface area (Å²) in [4.78, 5) is 2.25. The summed E-state index contributed by atoms with van der Waals surface area (Å²) in [7, 11) is 1.64. The van der Waals surface area contributed by atoms with Crippen LogP contribution < -0.4 is 14.8 Å². The van der Waals surface area contributed by atoms with Crippen LogP contribution in [0, 0.1) is 0 Å². The van der Waals surface area contributed by atoms with Gasteiger partial charge in [-0.25, -0.2) is 4.68 Å². The van der Waals surface area contributed by atoms with E-state index in [1.807, 2.05) is 47.3 Å². The minimum Gasteiger partial charge on any atom is -0.497 e. The largest absolute Gasteiger partial charge is 0.497 e. The van der Waals surface area contributed by atoms with Crippen LogP contribution in [0.5, 0.6) is 11.5 Å². The van der Waals surface area contributed by atoms with Crippen LogP contribution in [0.2, 0.25) is 0 Å². The highest BCUT2D eigenvalue weighted by Gasteiger charge is 2.15. The summed E-state index contributed by atoms with van der Waals surface area (Å²) in [6, 6.07) is 15.9. The lowest BCUT2D eigenvalue weighted by molar-refractivity contribution is 0.0641. The van der Waals surface area contributed by atoms with Crippen molar-refractivity contribution in [2.45, 2.75) is 6.10 Å². The van der Waals surface area contributed by atoms with Gasteiger partial charge in [0.05, 0.1) is 12.8 Å². The number of nitrogens with one attached hydrogen (secondary N) is 1. The Morgan fingerprint density at radius 1 is 1.07 bits per heavy atom. The van der Waals surface area contributed by atoms with Gasteiger partial charge in [0.1, 0.15) is 24.2 Å². The zero-order chi connectivity index (χ0) is 20.8. The van der Waals surface area contributed by atoms with Gasteiger partial charge in [0.25, 0.3) is 0 Å². The third-order valence-corrected chi connectivity index (χ3v) is 5.21. The second kappa shape index (κ2) is 9.75. The van der Waals surface area contributed by atoms with E-state index >= 15 is 0 Å². The fourth-order valence-electron chi connectivity index (χ4n) is 3.60. The molecule has 0 spiro atoms. The molecule has 7 nitrogen and oxygen atoms in total. The van der Waals surface area contributed by atoms with Crippen LogP contribution in [0.4, 0.5) is 0 Å². The van der Waals surface area contributed by atoms with E-state index in [1.54, 1.807) is 13.3 Å². The molecule has 0 aliphatic carbocycles. The monoisotopic (exact) mass is 408 g/mol. The lowest BCUT2D eigenvalue weighted by Crippen LogP contribution is -2.47. The summed E-state index contributed by atoms with van der Waals surface area (Å²) in [6.45, 7) is 4.70. The number of aliphatic hydroxyl groups excluding tert-OH is 1. The Morgan fingerprint density at radius 2 is 1.83 bits per heavy atom. The van der Waals surface area contributed by atoms with Crippen molar-refractivity contribution in [3.8, 4) is 28.3 Å². The molecule has 1 aliphatic rings. The molecule has 0 saturated carbocycles. The van der Waals surface area contributed by atoms with E-state index < -0.39 is 6.10 Å². The SMILES string of the molecule is COc1cc(OCC(O)CN2CCNCC2)cc(-c2ccc(-n3cccn3)cc2)c1. The van der Waals surface area contributed by atoms with Crippen LogP contribution in [-0.4, -0.2) is 72.3 Å². The number of β-amino-alcohol motifs (C(OH)–C–C–N with tert-alkyl or cyclic N) is 1. The van der Waals surface area contributed by atoms with Gasteiger partial charge in [-0.1, -0.05) is 12.1 Å². The second-order valence-corrected chi connectivity index (χ2v) is 7.41. The van der Waals surface area contributed by atoms with E-state index in [1.165, 1.54) is 0 Å². The first-order chi connectivity index (χ1) is 14.7. The van der Waals surface area contributed by atoms with Crippen molar-refractivity contribution < 1.29 is 14.6 Å². The average molecular weight is 409 g/mol. The first kappa shape index (κ1) is 20.4. The molecule has 30 heavy (non-hydrogen) atoms. The summed E-state index contributed by atoms with van der Waals surface area (Å²) in [5.41, 5.74) is 3.04. The van der Waals surface area contributed by atoms with Crippen molar-refractivity contribution in [1.29, 1.82) is 0 Å². The summed E-state index contributed by atoms with van der Waals surface area (Å²) >= 11 is 0. The number of benzene rings is 2.